The summed E-state index contributed by atoms with van der Waals surface area (Å²) in [5.74, 6) is -0.630. The van der Waals surface area contributed by atoms with Gasteiger partial charge in [0.1, 0.15) is 16.5 Å². The third kappa shape index (κ3) is 3.18. The molecule has 26 heavy (non-hydrogen) atoms. The first-order chi connectivity index (χ1) is 12.4. The SMILES string of the molecule is CCOc1ccccc1N1C(=O)C(Cl)=C(Nc2ccc(C)c(C)c2)C1=O. The molecule has 0 spiro atoms. The van der Waals surface area contributed by atoms with Gasteiger partial charge in [-0.15, -0.1) is 0 Å². The van der Waals surface area contributed by atoms with Gasteiger partial charge in [-0.05, 0) is 56.2 Å². The molecule has 2 aromatic rings. The lowest BCUT2D eigenvalue weighted by Crippen LogP contribution is -2.32. The fourth-order valence-electron chi connectivity index (χ4n) is 2.71. The number of rotatable bonds is 5. The van der Waals surface area contributed by atoms with Gasteiger partial charge in [0.25, 0.3) is 11.8 Å². The van der Waals surface area contributed by atoms with Gasteiger partial charge >= 0.3 is 0 Å². The van der Waals surface area contributed by atoms with Crippen molar-refractivity contribution in [2.24, 2.45) is 0 Å². The molecule has 0 radical (unpaired) electrons. The van der Waals surface area contributed by atoms with Crippen molar-refractivity contribution in [3.8, 4) is 5.75 Å². The van der Waals surface area contributed by atoms with Gasteiger partial charge in [0, 0.05) is 5.69 Å². The molecular weight excluding hydrogens is 352 g/mol. The predicted molar refractivity (Wildman–Crippen MR) is 103 cm³/mol. The van der Waals surface area contributed by atoms with E-state index in [9.17, 15) is 9.59 Å². The van der Waals surface area contributed by atoms with E-state index in [4.69, 9.17) is 16.3 Å². The molecule has 0 aliphatic carbocycles. The van der Waals surface area contributed by atoms with Crippen LogP contribution in [0.4, 0.5) is 11.4 Å². The number of nitrogens with one attached hydrogen (secondary N) is 1. The van der Waals surface area contributed by atoms with E-state index in [0.29, 0.717) is 23.7 Å². The zero-order chi connectivity index (χ0) is 18.8. The number of para-hydroxylation sites is 2. The van der Waals surface area contributed by atoms with E-state index in [1.165, 1.54) is 0 Å². The van der Waals surface area contributed by atoms with Crippen LogP contribution >= 0.6 is 11.6 Å². The highest BCUT2D eigenvalue weighted by Gasteiger charge is 2.40. The Morgan fingerprint density at radius 1 is 1.04 bits per heavy atom. The number of aryl methyl sites for hydroxylation is 2. The van der Waals surface area contributed by atoms with Gasteiger partial charge in [0.2, 0.25) is 0 Å². The van der Waals surface area contributed by atoms with Crippen LogP contribution in [0.1, 0.15) is 18.1 Å². The molecule has 134 valence electrons. The maximum absolute atomic E-state index is 12.9. The molecule has 2 aromatic carbocycles. The summed E-state index contributed by atoms with van der Waals surface area (Å²) in [7, 11) is 0. The van der Waals surface area contributed by atoms with Gasteiger partial charge < -0.3 is 10.1 Å². The number of hydrogen-bond donors (Lipinski definition) is 1. The Morgan fingerprint density at radius 3 is 2.46 bits per heavy atom. The van der Waals surface area contributed by atoms with Crippen LogP contribution in [0, 0.1) is 13.8 Å². The highest BCUT2D eigenvalue weighted by atomic mass is 35.5. The minimum absolute atomic E-state index is 0.0613. The number of carbonyl (C=O) groups excluding carboxylic acids is 2. The number of amides is 2. The van der Waals surface area contributed by atoms with Crippen molar-refractivity contribution in [2.75, 3.05) is 16.8 Å². The Kier molecular flexibility index (Phi) is 5.00. The molecule has 1 aliphatic rings. The first kappa shape index (κ1) is 18.0. The summed E-state index contributed by atoms with van der Waals surface area (Å²) in [6.45, 7) is 6.23. The van der Waals surface area contributed by atoms with E-state index in [1.807, 2.05) is 39.0 Å². The monoisotopic (exact) mass is 370 g/mol. The summed E-state index contributed by atoms with van der Waals surface area (Å²) in [5, 5.41) is 2.85. The molecule has 1 aliphatic heterocycles. The van der Waals surface area contributed by atoms with Crippen molar-refractivity contribution < 1.29 is 14.3 Å². The number of carbonyl (C=O) groups is 2. The number of hydrogen-bond acceptors (Lipinski definition) is 4. The minimum atomic E-state index is -0.574. The van der Waals surface area contributed by atoms with Gasteiger partial charge in [0.15, 0.2) is 0 Å². The molecule has 1 heterocycles. The lowest BCUT2D eigenvalue weighted by atomic mass is 10.1. The Morgan fingerprint density at radius 2 is 1.77 bits per heavy atom. The summed E-state index contributed by atoms with van der Waals surface area (Å²) < 4.78 is 5.54. The Hall–Kier alpha value is -2.79. The first-order valence-corrected chi connectivity index (χ1v) is 8.66. The summed E-state index contributed by atoms with van der Waals surface area (Å²) >= 11 is 6.18. The van der Waals surface area contributed by atoms with Crippen molar-refractivity contribution in [3.63, 3.8) is 0 Å². The molecule has 0 bridgehead atoms. The van der Waals surface area contributed by atoms with Crippen molar-refractivity contribution in [1.29, 1.82) is 0 Å². The second-order valence-electron chi connectivity index (χ2n) is 5.96. The fourth-order valence-corrected chi connectivity index (χ4v) is 2.93. The Bertz CT molecular complexity index is 921. The zero-order valence-electron chi connectivity index (χ0n) is 14.8. The van der Waals surface area contributed by atoms with Gasteiger partial charge in [-0.25, -0.2) is 4.90 Å². The Balaban J connectivity index is 1.94. The first-order valence-electron chi connectivity index (χ1n) is 8.28. The second kappa shape index (κ2) is 7.22. The summed E-state index contributed by atoms with van der Waals surface area (Å²) in [6.07, 6.45) is 0. The van der Waals surface area contributed by atoms with E-state index < -0.39 is 11.8 Å². The molecule has 1 N–H and O–H groups in total. The van der Waals surface area contributed by atoms with Crippen LogP contribution in [-0.2, 0) is 9.59 Å². The van der Waals surface area contributed by atoms with Crippen LogP contribution in [0.2, 0.25) is 0 Å². The number of anilines is 2. The van der Waals surface area contributed by atoms with Gasteiger partial charge in [0.05, 0.1) is 12.3 Å². The van der Waals surface area contributed by atoms with Crippen LogP contribution in [0.15, 0.2) is 53.2 Å². The van der Waals surface area contributed by atoms with Crippen LogP contribution in [0.5, 0.6) is 5.75 Å². The van der Waals surface area contributed by atoms with Crippen molar-refractivity contribution in [3.05, 3.63) is 64.3 Å². The molecule has 0 unspecified atom stereocenters. The van der Waals surface area contributed by atoms with E-state index in [2.05, 4.69) is 5.32 Å². The largest absolute Gasteiger partial charge is 0.492 e. The summed E-state index contributed by atoms with van der Waals surface area (Å²) in [4.78, 5) is 26.5. The molecule has 2 amide bonds. The average molecular weight is 371 g/mol. The van der Waals surface area contributed by atoms with Crippen molar-refractivity contribution in [1.82, 2.24) is 0 Å². The van der Waals surface area contributed by atoms with Crippen molar-refractivity contribution in [2.45, 2.75) is 20.8 Å². The lowest BCUT2D eigenvalue weighted by molar-refractivity contribution is -0.120. The van der Waals surface area contributed by atoms with Gasteiger partial charge in [-0.3, -0.25) is 9.59 Å². The average Bonchev–Trinajstić information content (AvgIpc) is 2.83. The van der Waals surface area contributed by atoms with E-state index in [-0.39, 0.29) is 10.7 Å². The van der Waals surface area contributed by atoms with Crippen LogP contribution < -0.4 is 15.0 Å². The van der Waals surface area contributed by atoms with E-state index in [0.717, 1.165) is 16.0 Å². The third-order valence-electron chi connectivity index (χ3n) is 4.21. The normalized spacial score (nSPS) is 14.2. The van der Waals surface area contributed by atoms with E-state index in [1.54, 1.807) is 24.3 Å². The van der Waals surface area contributed by atoms with E-state index >= 15 is 0 Å². The molecule has 0 saturated heterocycles. The topological polar surface area (TPSA) is 58.6 Å². The fraction of sp³-hybridized carbons (Fsp3) is 0.200. The van der Waals surface area contributed by atoms with Crippen molar-refractivity contribution >= 4 is 34.8 Å². The predicted octanol–water partition coefficient (Wildman–Crippen LogP) is 4.14. The number of nitrogens with zero attached hydrogens (tertiary/aromatic N) is 1. The standard InChI is InChI=1S/C20H19ClN2O3/c1-4-26-16-8-6-5-7-15(16)23-19(24)17(21)18(20(23)25)22-14-10-9-12(2)13(3)11-14/h5-11,22H,4H2,1-3H3. The Labute approximate surface area is 157 Å². The maximum atomic E-state index is 12.9. The van der Waals surface area contributed by atoms with Crippen LogP contribution in [0.3, 0.4) is 0 Å². The number of imide groups is 1. The number of ether oxygens (including phenoxy) is 1. The number of benzene rings is 2. The molecule has 3 rings (SSSR count). The molecule has 6 heteroatoms. The molecule has 0 atom stereocenters. The zero-order valence-corrected chi connectivity index (χ0v) is 15.6. The lowest BCUT2D eigenvalue weighted by Gasteiger charge is -2.18. The molecule has 0 fully saturated rings. The minimum Gasteiger partial charge on any atom is -0.492 e. The summed E-state index contributed by atoms with van der Waals surface area (Å²) in [6, 6.07) is 12.6. The quantitative estimate of drug-likeness (QED) is 0.804. The number of halogens is 1. The summed E-state index contributed by atoms with van der Waals surface area (Å²) in [5.41, 5.74) is 3.34. The smallest absolute Gasteiger partial charge is 0.283 e. The highest BCUT2D eigenvalue weighted by molar-refractivity contribution is 6.53. The third-order valence-corrected chi connectivity index (χ3v) is 4.56. The molecule has 5 nitrogen and oxygen atoms in total. The van der Waals surface area contributed by atoms with Gasteiger partial charge in [-0.1, -0.05) is 29.8 Å². The van der Waals surface area contributed by atoms with Gasteiger partial charge in [-0.2, -0.15) is 0 Å². The van der Waals surface area contributed by atoms with Crippen LogP contribution in [-0.4, -0.2) is 18.4 Å². The molecular formula is C20H19ClN2O3. The molecule has 0 aromatic heterocycles. The maximum Gasteiger partial charge on any atom is 0.283 e. The second-order valence-corrected chi connectivity index (χ2v) is 6.34. The molecule has 0 saturated carbocycles. The van der Waals surface area contributed by atoms with Crippen LogP contribution in [0.25, 0.3) is 0 Å². The highest BCUT2D eigenvalue weighted by Crippen LogP contribution is 2.35.